The maximum absolute atomic E-state index is 14.9. The van der Waals surface area contributed by atoms with Crippen LogP contribution in [-0.4, -0.2) is 84.8 Å². The first-order chi connectivity index (χ1) is 32.6. The number of nitrogens with one attached hydrogen (secondary N) is 3. The van der Waals surface area contributed by atoms with Gasteiger partial charge in [-0.1, -0.05) is 51.1 Å². The minimum Gasteiger partial charge on any atom is -0.489 e. The summed E-state index contributed by atoms with van der Waals surface area (Å²) in [5.74, 6) is -0.0610. The lowest BCUT2D eigenvalue weighted by atomic mass is 9.70. The highest BCUT2D eigenvalue weighted by molar-refractivity contribution is 7.90. The molecule has 0 radical (unpaired) electrons. The van der Waals surface area contributed by atoms with Crippen molar-refractivity contribution in [3.05, 3.63) is 107 Å². The number of H-pyrrole nitrogens is 1. The normalized spacial score (nSPS) is 24.8. The fourth-order valence-corrected chi connectivity index (χ4v) is 12.7. The Morgan fingerprint density at radius 1 is 1.04 bits per heavy atom. The molecule has 68 heavy (non-hydrogen) atoms. The molecule has 16 heteroatoms. The minimum atomic E-state index is -4.61. The number of aromatic nitrogens is 2. The van der Waals surface area contributed by atoms with Gasteiger partial charge in [-0.25, -0.2) is 22.5 Å². The standard InChI is InChI=1S/C52H60FN7O7S/c1-5-41-46(26-39-40(53)27-54-49(39)56-41)67-45-23-33(59-21-19-52(20-22-59)29-60(30-52)44-12-8-11-37(44)36-10-7-6-9-35(36)31(2)3)13-14-38(45)50(61)58-68(64,65)34-24-42(57-63)48-47(25-34)66-28-43(55-48)32-15-17-51(4,62)18-16-32/h5-7,9-10,13-14,23-27,31-32,37,43-44,55,62H,1,8,11-12,15-22,28-30H2,2-4H3,(H,54,56)(H,58,61)/t32?,37-,43-,44-,51?/m1/s1. The summed E-state index contributed by atoms with van der Waals surface area (Å²) >= 11 is 0. The van der Waals surface area contributed by atoms with Gasteiger partial charge in [-0.15, -0.1) is 4.91 Å². The Bertz CT molecular complexity index is 2880. The molecule has 5 aromatic rings. The average molecular weight is 946 g/mol. The highest BCUT2D eigenvalue weighted by Gasteiger charge is 2.49. The largest absolute Gasteiger partial charge is 0.489 e. The van der Waals surface area contributed by atoms with Crippen LogP contribution in [0.5, 0.6) is 17.2 Å². The van der Waals surface area contributed by atoms with Crippen molar-refractivity contribution in [2.45, 2.75) is 113 Å². The van der Waals surface area contributed by atoms with E-state index in [4.69, 9.17) is 9.47 Å². The lowest BCUT2D eigenvalue weighted by Crippen LogP contribution is -2.63. The first-order valence-electron chi connectivity index (χ1n) is 24.0. The molecule has 3 atom stereocenters. The Morgan fingerprint density at radius 3 is 2.54 bits per heavy atom. The van der Waals surface area contributed by atoms with E-state index < -0.39 is 27.3 Å². The number of nitroso groups, excluding NO2 is 1. The lowest BCUT2D eigenvalue weighted by molar-refractivity contribution is -0.0493. The van der Waals surface area contributed by atoms with Crippen LogP contribution in [0.2, 0.25) is 0 Å². The number of sulfonamides is 1. The molecule has 1 amide bonds. The van der Waals surface area contributed by atoms with Crippen molar-refractivity contribution in [2.75, 3.05) is 43.0 Å². The molecule has 10 rings (SSSR count). The fraction of sp³-hybridized carbons (Fsp3) is 0.462. The monoisotopic (exact) mass is 945 g/mol. The number of ether oxygens (including phenoxy) is 2. The van der Waals surface area contributed by atoms with Gasteiger partial charge >= 0.3 is 0 Å². The molecule has 4 fully saturated rings. The summed E-state index contributed by atoms with van der Waals surface area (Å²) in [5, 5.41) is 17.1. The van der Waals surface area contributed by atoms with Gasteiger partial charge in [-0.2, -0.15) is 0 Å². The summed E-state index contributed by atoms with van der Waals surface area (Å²) in [4.78, 5) is 38.3. The van der Waals surface area contributed by atoms with E-state index in [0.717, 1.165) is 63.6 Å². The van der Waals surface area contributed by atoms with E-state index in [2.05, 4.69) is 79.7 Å². The van der Waals surface area contributed by atoms with Crippen molar-refractivity contribution >= 4 is 50.1 Å². The predicted octanol–water partition coefficient (Wildman–Crippen LogP) is 10.1. The van der Waals surface area contributed by atoms with E-state index >= 15 is 0 Å². The van der Waals surface area contributed by atoms with Crippen molar-refractivity contribution in [1.82, 2.24) is 19.6 Å². The number of carbonyl (C=O) groups is 1. The molecule has 0 unspecified atom stereocenters. The van der Waals surface area contributed by atoms with Gasteiger partial charge in [0.05, 0.1) is 27.5 Å². The summed E-state index contributed by atoms with van der Waals surface area (Å²) in [7, 11) is -4.61. The number of pyridine rings is 1. The van der Waals surface area contributed by atoms with Gasteiger partial charge in [0.25, 0.3) is 15.9 Å². The number of benzene rings is 3. The molecular formula is C52H60FN7O7S. The van der Waals surface area contributed by atoms with Crippen molar-refractivity contribution in [3.8, 4) is 17.2 Å². The number of nitrogens with zero attached hydrogens (tertiary/aromatic N) is 4. The van der Waals surface area contributed by atoms with E-state index in [-0.39, 0.29) is 79.8 Å². The number of carbonyl (C=O) groups excluding carboxylic acids is 1. The summed E-state index contributed by atoms with van der Waals surface area (Å²) < 4.78 is 57.5. The topological polar surface area (TPSA) is 179 Å². The second-order valence-electron chi connectivity index (χ2n) is 20.4. The molecule has 5 aliphatic rings. The Morgan fingerprint density at radius 2 is 1.81 bits per heavy atom. The maximum atomic E-state index is 14.9. The third kappa shape index (κ3) is 8.75. The highest BCUT2D eigenvalue weighted by atomic mass is 32.2. The van der Waals surface area contributed by atoms with Crippen LogP contribution in [0.3, 0.4) is 0 Å². The van der Waals surface area contributed by atoms with Crippen molar-refractivity contribution < 1.29 is 32.2 Å². The van der Waals surface area contributed by atoms with E-state index in [1.165, 1.54) is 60.9 Å². The molecule has 2 aromatic heterocycles. The number of halogens is 1. The van der Waals surface area contributed by atoms with Crippen LogP contribution < -0.4 is 24.4 Å². The SMILES string of the molecule is C=Cc1nc2[nH]cc(F)c2cc1Oc1cc(N2CCC3(CC2)CN([C@@H]2CCC[C@@H]2c2ccccc2C(C)C)C3)ccc1C(=O)NS(=O)(=O)c1cc(N=O)c2c(c1)OC[C@H](C1CCC(C)(O)CC1)N2. The number of aliphatic hydroxyl groups is 1. The van der Waals surface area contributed by atoms with Gasteiger partial charge in [0.15, 0.2) is 5.75 Å². The van der Waals surface area contributed by atoms with Gasteiger partial charge in [0, 0.05) is 56.2 Å². The van der Waals surface area contributed by atoms with Gasteiger partial charge in [0.1, 0.15) is 46.6 Å². The van der Waals surface area contributed by atoms with Crippen molar-refractivity contribution in [2.24, 2.45) is 16.5 Å². The molecule has 2 saturated carbocycles. The summed E-state index contributed by atoms with van der Waals surface area (Å²) in [6, 6.07) is 18.2. The lowest BCUT2D eigenvalue weighted by Gasteiger charge is -2.57. The van der Waals surface area contributed by atoms with Crippen LogP contribution in [-0.2, 0) is 10.0 Å². The van der Waals surface area contributed by atoms with E-state index in [0.29, 0.717) is 30.7 Å². The molecule has 3 aliphatic heterocycles. The molecule has 4 N–H and O–H groups in total. The van der Waals surface area contributed by atoms with E-state index in [9.17, 15) is 27.6 Å². The quantitative estimate of drug-likeness (QED) is 0.0875. The summed E-state index contributed by atoms with van der Waals surface area (Å²) in [5.41, 5.74) is 3.83. The molecule has 5 heterocycles. The van der Waals surface area contributed by atoms with E-state index in [1.54, 1.807) is 12.1 Å². The van der Waals surface area contributed by atoms with Gasteiger partial charge in [-0.3, -0.25) is 9.69 Å². The molecule has 1 spiro atoms. The van der Waals surface area contributed by atoms with Crippen molar-refractivity contribution in [1.29, 1.82) is 0 Å². The molecular weight excluding hydrogens is 886 g/mol. The third-order valence-corrected chi connectivity index (χ3v) is 16.9. The number of fused-ring (bicyclic) bond motifs is 2. The Balaban J connectivity index is 0.876. The smallest absolute Gasteiger partial charge is 0.268 e. The molecule has 0 bridgehead atoms. The second-order valence-corrected chi connectivity index (χ2v) is 22.1. The highest BCUT2D eigenvalue weighted by Crippen LogP contribution is 2.49. The first-order valence-corrected chi connectivity index (χ1v) is 25.5. The number of hydrogen-bond donors (Lipinski definition) is 4. The molecule has 3 aromatic carbocycles. The number of amides is 1. The zero-order valence-electron chi connectivity index (χ0n) is 38.9. The van der Waals surface area contributed by atoms with Crippen LogP contribution in [0.15, 0.2) is 83.5 Å². The fourth-order valence-electron chi connectivity index (χ4n) is 11.7. The van der Waals surface area contributed by atoms with Gasteiger partial charge < -0.3 is 29.8 Å². The van der Waals surface area contributed by atoms with Crippen molar-refractivity contribution in [3.63, 3.8) is 0 Å². The van der Waals surface area contributed by atoms with Crippen LogP contribution in [0.25, 0.3) is 17.1 Å². The van der Waals surface area contributed by atoms with Crippen LogP contribution in [0.1, 0.15) is 118 Å². The zero-order chi connectivity index (χ0) is 47.5. The van der Waals surface area contributed by atoms with Crippen LogP contribution >= 0.6 is 0 Å². The molecule has 2 aliphatic carbocycles. The summed E-state index contributed by atoms with van der Waals surface area (Å²) in [6.07, 6.45) is 11.1. The number of likely N-dealkylation sites (tertiary alicyclic amines) is 1. The Labute approximate surface area is 396 Å². The minimum absolute atomic E-state index is 0.0305. The Kier molecular flexibility index (Phi) is 12.1. The third-order valence-electron chi connectivity index (χ3n) is 15.6. The molecule has 14 nitrogen and oxygen atoms in total. The maximum Gasteiger partial charge on any atom is 0.268 e. The number of aromatic amines is 1. The van der Waals surface area contributed by atoms with Gasteiger partial charge in [0.2, 0.25) is 0 Å². The Hall–Kier alpha value is -5.84. The number of piperidine rings is 1. The zero-order valence-corrected chi connectivity index (χ0v) is 39.7. The predicted molar refractivity (Wildman–Crippen MR) is 261 cm³/mol. The summed E-state index contributed by atoms with van der Waals surface area (Å²) in [6.45, 7) is 14.2. The van der Waals surface area contributed by atoms with Crippen LogP contribution in [0, 0.1) is 22.1 Å². The number of rotatable bonds is 12. The van der Waals surface area contributed by atoms with Crippen LogP contribution in [0.4, 0.5) is 21.5 Å². The van der Waals surface area contributed by atoms with E-state index in [1.807, 2.05) is 6.92 Å². The molecule has 358 valence electrons. The number of anilines is 2. The number of hydrogen-bond acceptors (Lipinski definition) is 12. The average Bonchev–Trinajstić information content (AvgIpc) is 3.96. The van der Waals surface area contributed by atoms with Gasteiger partial charge in [-0.05, 0) is 128 Å². The second kappa shape index (κ2) is 17.9. The first kappa shape index (κ1) is 45.9. The molecule has 2 saturated heterocycles.